The number of amides is 1. The third-order valence-electron chi connectivity index (χ3n) is 3.10. The molecule has 0 fully saturated rings. The molecule has 1 aromatic carbocycles. The van der Waals surface area contributed by atoms with E-state index in [1.54, 1.807) is 12.1 Å². The Morgan fingerprint density at radius 3 is 2.91 bits per heavy atom. The second-order valence-corrected chi connectivity index (χ2v) is 5.89. The van der Waals surface area contributed by atoms with Crippen LogP contribution >= 0.6 is 11.3 Å². The molecule has 0 aliphatic carbocycles. The molecular weight excluding hydrogens is 316 g/mol. The van der Waals surface area contributed by atoms with E-state index >= 15 is 0 Å². The van der Waals surface area contributed by atoms with Gasteiger partial charge in [-0.3, -0.25) is 14.9 Å². The van der Waals surface area contributed by atoms with Gasteiger partial charge in [0.2, 0.25) is 5.91 Å². The second kappa shape index (κ2) is 7.59. The van der Waals surface area contributed by atoms with Crippen molar-refractivity contribution in [1.29, 1.82) is 0 Å². The third kappa shape index (κ3) is 4.68. The van der Waals surface area contributed by atoms with Crippen molar-refractivity contribution in [1.82, 2.24) is 10.4 Å². The maximum atomic E-state index is 11.7. The highest BCUT2D eigenvalue weighted by Crippen LogP contribution is 2.20. The summed E-state index contributed by atoms with van der Waals surface area (Å²) in [5.74, 6) is -0.286. The van der Waals surface area contributed by atoms with Gasteiger partial charge in [0.25, 0.3) is 5.69 Å². The van der Waals surface area contributed by atoms with E-state index in [4.69, 9.17) is 0 Å². The zero-order valence-electron chi connectivity index (χ0n) is 12.8. The van der Waals surface area contributed by atoms with Gasteiger partial charge in [0.15, 0.2) is 0 Å². The molecule has 120 valence electrons. The molecule has 0 saturated heterocycles. The molecule has 1 amide bonds. The SMILES string of the molecule is CCc1ccc(/C=N\NC(=O)Cc2csc(C)n2)cc1[N+](=O)[O-]. The zero-order valence-corrected chi connectivity index (χ0v) is 13.6. The lowest BCUT2D eigenvalue weighted by Gasteiger charge is -2.01. The molecule has 1 N–H and O–H groups in total. The fourth-order valence-corrected chi connectivity index (χ4v) is 2.61. The number of carbonyl (C=O) groups excluding carboxylic acids is 1. The average molecular weight is 332 g/mol. The first-order valence-electron chi connectivity index (χ1n) is 6.99. The van der Waals surface area contributed by atoms with Crippen molar-refractivity contribution < 1.29 is 9.72 Å². The lowest BCUT2D eigenvalue weighted by atomic mass is 10.1. The number of nitrogens with zero attached hydrogens (tertiary/aromatic N) is 3. The normalized spacial score (nSPS) is 10.9. The molecule has 0 unspecified atom stereocenters. The molecule has 2 rings (SSSR count). The highest BCUT2D eigenvalue weighted by atomic mass is 32.1. The summed E-state index contributed by atoms with van der Waals surface area (Å²) in [6, 6.07) is 4.86. The minimum absolute atomic E-state index is 0.0562. The molecular formula is C15H16N4O3S. The van der Waals surface area contributed by atoms with Crippen LogP contribution in [-0.2, 0) is 17.6 Å². The number of thiazole rings is 1. The summed E-state index contributed by atoms with van der Waals surface area (Å²) >= 11 is 1.48. The van der Waals surface area contributed by atoms with E-state index in [1.165, 1.54) is 23.6 Å². The van der Waals surface area contributed by atoms with Crippen molar-refractivity contribution in [2.24, 2.45) is 5.10 Å². The predicted octanol–water partition coefficient (Wildman–Crippen LogP) is 2.61. The van der Waals surface area contributed by atoms with Gasteiger partial charge in [-0.25, -0.2) is 10.4 Å². The first kappa shape index (κ1) is 16.8. The molecule has 2 aromatic rings. The summed E-state index contributed by atoms with van der Waals surface area (Å²) in [4.78, 5) is 26.5. The standard InChI is InChI=1S/C15H16N4O3S/c1-3-12-5-4-11(6-14(12)19(21)22)8-16-18-15(20)7-13-9-23-10(2)17-13/h4-6,8-9H,3,7H2,1-2H3,(H,18,20)/b16-8-. The van der Waals surface area contributed by atoms with E-state index in [0.717, 1.165) is 5.01 Å². The third-order valence-corrected chi connectivity index (χ3v) is 3.92. The maximum Gasteiger partial charge on any atom is 0.273 e. The number of carbonyl (C=O) groups is 1. The number of aromatic nitrogens is 1. The Morgan fingerprint density at radius 2 is 2.30 bits per heavy atom. The van der Waals surface area contributed by atoms with Crippen molar-refractivity contribution in [3.05, 3.63) is 55.5 Å². The minimum Gasteiger partial charge on any atom is -0.273 e. The molecule has 0 radical (unpaired) electrons. The van der Waals surface area contributed by atoms with E-state index in [9.17, 15) is 14.9 Å². The second-order valence-electron chi connectivity index (χ2n) is 4.83. The highest BCUT2D eigenvalue weighted by Gasteiger charge is 2.12. The van der Waals surface area contributed by atoms with Crippen LogP contribution in [0.25, 0.3) is 0 Å². The van der Waals surface area contributed by atoms with Gasteiger partial charge < -0.3 is 0 Å². The molecule has 23 heavy (non-hydrogen) atoms. The predicted molar refractivity (Wildman–Crippen MR) is 88.8 cm³/mol. The molecule has 0 bridgehead atoms. The van der Waals surface area contributed by atoms with Gasteiger partial charge in [-0.1, -0.05) is 19.1 Å². The van der Waals surface area contributed by atoms with E-state index < -0.39 is 4.92 Å². The van der Waals surface area contributed by atoms with Gasteiger partial charge >= 0.3 is 0 Å². The summed E-state index contributed by atoms with van der Waals surface area (Å²) in [7, 11) is 0. The summed E-state index contributed by atoms with van der Waals surface area (Å²) in [5, 5.41) is 17.6. The fraction of sp³-hybridized carbons (Fsp3) is 0.267. The summed E-state index contributed by atoms with van der Waals surface area (Å²) in [6.07, 6.45) is 2.12. The number of hydrogen-bond acceptors (Lipinski definition) is 6. The quantitative estimate of drug-likeness (QED) is 0.499. The number of hydrazone groups is 1. The van der Waals surface area contributed by atoms with Crippen LogP contribution in [-0.4, -0.2) is 22.0 Å². The summed E-state index contributed by atoms with van der Waals surface area (Å²) in [5.41, 5.74) is 4.36. The van der Waals surface area contributed by atoms with Crippen LogP contribution in [0.1, 0.15) is 28.8 Å². The molecule has 8 heteroatoms. The monoisotopic (exact) mass is 332 g/mol. The lowest BCUT2D eigenvalue weighted by molar-refractivity contribution is -0.385. The van der Waals surface area contributed by atoms with Crippen molar-refractivity contribution >= 4 is 29.1 Å². The maximum absolute atomic E-state index is 11.7. The summed E-state index contributed by atoms with van der Waals surface area (Å²) in [6.45, 7) is 3.73. The van der Waals surface area contributed by atoms with Crippen molar-refractivity contribution in [3.63, 3.8) is 0 Å². The van der Waals surface area contributed by atoms with Crippen LogP contribution in [0.15, 0.2) is 28.7 Å². The van der Waals surface area contributed by atoms with Crippen LogP contribution in [0.2, 0.25) is 0 Å². The van der Waals surface area contributed by atoms with Crippen LogP contribution < -0.4 is 5.43 Å². The largest absolute Gasteiger partial charge is 0.273 e. The molecule has 0 saturated carbocycles. The number of nitro benzene ring substituents is 1. The van der Waals surface area contributed by atoms with Gasteiger partial charge in [0.05, 0.1) is 28.3 Å². The van der Waals surface area contributed by atoms with Crippen LogP contribution in [0.4, 0.5) is 5.69 Å². The van der Waals surface area contributed by atoms with E-state index in [-0.39, 0.29) is 18.0 Å². The van der Waals surface area contributed by atoms with Gasteiger partial charge in [-0.2, -0.15) is 5.10 Å². The van der Waals surface area contributed by atoms with Crippen LogP contribution in [0.3, 0.4) is 0 Å². The van der Waals surface area contributed by atoms with Crippen molar-refractivity contribution in [3.8, 4) is 0 Å². The number of rotatable bonds is 6. The zero-order chi connectivity index (χ0) is 16.8. The van der Waals surface area contributed by atoms with Gasteiger partial charge in [0, 0.05) is 22.6 Å². The molecule has 1 heterocycles. The van der Waals surface area contributed by atoms with Crippen molar-refractivity contribution in [2.45, 2.75) is 26.7 Å². The average Bonchev–Trinajstić information content (AvgIpc) is 2.92. The van der Waals surface area contributed by atoms with Gasteiger partial charge in [-0.15, -0.1) is 11.3 Å². The molecule has 0 aliphatic rings. The number of nitrogens with one attached hydrogen (secondary N) is 1. The first-order chi connectivity index (χ1) is 11.0. The Bertz CT molecular complexity index is 755. The number of nitro groups is 1. The van der Waals surface area contributed by atoms with E-state index in [2.05, 4.69) is 15.5 Å². The topological polar surface area (TPSA) is 97.5 Å². The number of benzene rings is 1. The first-order valence-corrected chi connectivity index (χ1v) is 7.87. The Morgan fingerprint density at radius 1 is 1.52 bits per heavy atom. The smallest absolute Gasteiger partial charge is 0.273 e. The lowest BCUT2D eigenvalue weighted by Crippen LogP contribution is -2.19. The Kier molecular flexibility index (Phi) is 5.53. The Balaban J connectivity index is 1.98. The molecule has 0 atom stereocenters. The van der Waals surface area contributed by atoms with Crippen molar-refractivity contribution in [2.75, 3.05) is 0 Å². The fourth-order valence-electron chi connectivity index (χ4n) is 2.00. The molecule has 0 spiro atoms. The van der Waals surface area contributed by atoms with E-state index in [1.807, 2.05) is 19.2 Å². The number of hydrogen-bond donors (Lipinski definition) is 1. The molecule has 0 aliphatic heterocycles. The minimum atomic E-state index is -0.417. The molecule has 1 aromatic heterocycles. The Labute approximate surface area is 137 Å². The van der Waals surface area contributed by atoms with E-state index in [0.29, 0.717) is 23.2 Å². The molecule has 7 nitrogen and oxygen atoms in total. The number of aryl methyl sites for hydroxylation is 2. The Hall–Kier alpha value is -2.61. The van der Waals surface area contributed by atoms with Crippen LogP contribution in [0.5, 0.6) is 0 Å². The van der Waals surface area contributed by atoms with Crippen LogP contribution in [0, 0.1) is 17.0 Å². The highest BCUT2D eigenvalue weighted by molar-refractivity contribution is 7.09. The van der Waals surface area contributed by atoms with Gasteiger partial charge in [0.1, 0.15) is 0 Å². The summed E-state index contributed by atoms with van der Waals surface area (Å²) < 4.78 is 0. The van der Waals surface area contributed by atoms with Gasteiger partial charge in [-0.05, 0) is 13.3 Å².